The van der Waals surface area contributed by atoms with Crippen LogP contribution in [0.15, 0.2) is 48.7 Å². The van der Waals surface area contributed by atoms with Gasteiger partial charge in [0, 0.05) is 31.1 Å². The van der Waals surface area contributed by atoms with Gasteiger partial charge in [0.25, 0.3) is 5.69 Å². The topological polar surface area (TPSA) is 111 Å². The Labute approximate surface area is 143 Å². The van der Waals surface area contributed by atoms with Crippen molar-refractivity contribution in [2.24, 2.45) is 12.8 Å². The molecule has 0 aliphatic rings. The van der Waals surface area contributed by atoms with Gasteiger partial charge in [-0.1, -0.05) is 30.3 Å². The molecule has 128 valence electrons. The molecule has 1 heterocycles. The monoisotopic (exact) mass is 339 g/mol. The number of nitrogens with two attached hydrogens (primary N) is 1. The predicted molar refractivity (Wildman–Crippen MR) is 94.3 cm³/mol. The number of benzene rings is 2. The molecule has 0 aliphatic carbocycles. The van der Waals surface area contributed by atoms with E-state index in [1.165, 1.54) is 6.07 Å². The van der Waals surface area contributed by atoms with E-state index in [1.54, 1.807) is 23.9 Å². The van der Waals surface area contributed by atoms with Crippen molar-refractivity contribution in [2.45, 2.75) is 12.5 Å². The fraction of sp³-hybridized carbons (Fsp3) is 0.167. The minimum atomic E-state index is -1.11. The van der Waals surface area contributed by atoms with Crippen molar-refractivity contribution in [3.8, 4) is 11.1 Å². The highest BCUT2D eigenvalue weighted by molar-refractivity contribution is 6.02. The minimum Gasteiger partial charge on any atom is -0.480 e. The van der Waals surface area contributed by atoms with Crippen LogP contribution in [0.4, 0.5) is 5.69 Å². The SMILES string of the molecule is Cn1cc(CC(N)C(=O)O)c2c(-c3ccccc3)ccc([N+](=O)[O-])c21. The van der Waals surface area contributed by atoms with Crippen molar-refractivity contribution in [1.82, 2.24) is 4.57 Å². The minimum absolute atomic E-state index is 0.0210. The highest BCUT2D eigenvalue weighted by Crippen LogP contribution is 2.37. The fourth-order valence-electron chi connectivity index (χ4n) is 3.11. The van der Waals surface area contributed by atoms with Gasteiger partial charge in [0.2, 0.25) is 0 Å². The average molecular weight is 339 g/mol. The Morgan fingerprint density at radius 3 is 2.56 bits per heavy atom. The summed E-state index contributed by atoms with van der Waals surface area (Å²) >= 11 is 0. The molecule has 0 fully saturated rings. The summed E-state index contributed by atoms with van der Waals surface area (Å²) < 4.78 is 1.66. The third-order valence-corrected chi connectivity index (χ3v) is 4.22. The quantitative estimate of drug-likeness (QED) is 0.548. The van der Waals surface area contributed by atoms with Crippen LogP contribution >= 0.6 is 0 Å². The molecule has 1 unspecified atom stereocenters. The van der Waals surface area contributed by atoms with Gasteiger partial charge in [0.05, 0.1) is 4.92 Å². The molecule has 7 nitrogen and oxygen atoms in total. The second kappa shape index (κ2) is 6.37. The molecule has 0 bridgehead atoms. The second-order valence-corrected chi connectivity index (χ2v) is 5.89. The van der Waals surface area contributed by atoms with Crippen LogP contribution in [0.3, 0.4) is 0 Å². The van der Waals surface area contributed by atoms with Crippen LogP contribution in [0.25, 0.3) is 22.0 Å². The molecule has 0 spiro atoms. The summed E-state index contributed by atoms with van der Waals surface area (Å²) in [7, 11) is 1.71. The molecule has 1 aromatic heterocycles. The van der Waals surface area contributed by atoms with Crippen molar-refractivity contribution in [3.05, 3.63) is 64.3 Å². The van der Waals surface area contributed by atoms with Gasteiger partial charge in [0.15, 0.2) is 0 Å². The Kier molecular flexibility index (Phi) is 4.24. The Bertz CT molecular complexity index is 963. The summed E-state index contributed by atoms with van der Waals surface area (Å²) in [5.41, 5.74) is 8.52. The number of carbonyl (C=O) groups is 1. The maximum Gasteiger partial charge on any atom is 0.320 e. The van der Waals surface area contributed by atoms with E-state index >= 15 is 0 Å². The molecule has 1 atom stereocenters. The van der Waals surface area contributed by atoms with Gasteiger partial charge in [-0.3, -0.25) is 14.9 Å². The van der Waals surface area contributed by atoms with Crippen LogP contribution < -0.4 is 5.73 Å². The molecule has 3 N–H and O–H groups in total. The molecule has 3 rings (SSSR count). The summed E-state index contributed by atoms with van der Waals surface area (Å²) in [4.78, 5) is 22.1. The van der Waals surface area contributed by atoms with Crippen molar-refractivity contribution in [1.29, 1.82) is 0 Å². The van der Waals surface area contributed by atoms with Crippen LogP contribution in [0.1, 0.15) is 5.56 Å². The maximum atomic E-state index is 11.4. The van der Waals surface area contributed by atoms with E-state index in [0.29, 0.717) is 16.5 Å². The molecule has 2 aromatic carbocycles. The second-order valence-electron chi connectivity index (χ2n) is 5.89. The number of carboxylic acid groups (broad SMARTS) is 1. The van der Waals surface area contributed by atoms with Crippen LogP contribution in [-0.2, 0) is 18.3 Å². The van der Waals surface area contributed by atoms with Gasteiger partial charge in [-0.25, -0.2) is 0 Å². The zero-order valence-corrected chi connectivity index (χ0v) is 13.5. The van der Waals surface area contributed by atoms with E-state index in [9.17, 15) is 14.9 Å². The molecular formula is C18H17N3O4. The molecule has 25 heavy (non-hydrogen) atoms. The van der Waals surface area contributed by atoms with Gasteiger partial charge in [-0.05, 0) is 22.8 Å². The molecule has 0 amide bonds. The number of hydrogen-bond acceptors (Lipinski definition) is 4. The smallest absolute Gasteiger partial charge is 0.320 e. The predicted octanol–water partition coefficient (Wildman–Crippen LogP) is 2.71. The Morgan fingerprint density at radius 1 is 1.28 bits per heavy atom. The Hall–Kier alpha value is -3.19. The van der Waals surface area contributed by atoms with E-state index < -0.39 is 16.9 Å². The van der Waals surface area contributed by atoms with Gasteiger partial charge >= 0.3 is 5.97 Å². The molecule has 3 aromatic rings. The van der Waals surface area contributed by atoms with E-state index in [1.807, 2.05) is 30.3 Å². The number of nitro groups is 1. The molecule has 0 saturated heterocycles. The molecular weight excluding hydrogens is 322 g/mol. The Balaban J connectivity index is 2.32. The number of aliphatic carboxylic acids is 1. The number of aromatic nitrogens is 1. The molecule has 0 aliphatic heterocycles. The van der Waals surface area contributed by atoms with Gasteiger partial charge in [0.1, 0.15) is 11.6 Å². The largest absolute Gasteiger partial charge is 0.480 e. The first kappa shape index (κ1) is 16.7. The van der Waals surface area contributed by atoms with Crippen LogP contribution in [0.5, 0.6) is 0 Å². The van der Waals surface area contributed by atoms with Crippen LogP contribution in [-0.4, -0.2) is 26.6 Å². The molecule has 0 saturated carbocycles. The lowest BCUT2D eigenvalue weighted by Crippen LogP contribution is -2.32. The van der Waals surface area contributed by atoms with Crippen molar-refractivity contribution in [2.75, 3.05) is 0 Å². The summed E-state index contributed by atoms with van der Waals surface area (Å²) in [6.45, 7) is 0. The third-order valence-electron chi connectivity index (χ3n) is 4.22. The van der Waals surface area contributed by atoms with E-state index in [2.05, 4.69) is 0 Å². The first-order valence-corrected chi connectivity index (χ1v) is 7.69. The zero-order valence-electron chi connectivity index (χ0n) is 13.5. The first-order valence-electron chi connectivity index (χ1n) is 7.69. The number of rotatable bonds is 5. The highest BCUT2D eigenvalue weighted by atomic mass is 16.6. The lowest BCUT2D eigenvalue weighted by molar-refractivity contribution is -0.383. The molecule has 0 radical (unpaired) electrons. The summed E-state index contributed by atoms with van der Waals surface area (Å²) in [6, 6.07) is 11.6. The Morgan fingerprint density at radius 2 is 1.96 bits per heavy atom. The van der Waals surface area contributed by atoms with Crippen LogP contribution in [0.2, 0.25) is 0 Å². The number of nitro benzene ring substituents is 1. The molecule has 7 heteroatoms. The van der Waals surface area contributed by atoms with Crippen molar-refractivity contribution >= 4 is 22.6 Å². The number of nitrogens with zero attached hydrogens (tertiary/aromatic N) is 2. The van der Waals surface area contributed by atoms with E-state index in [0.717, 1.165) is 11.1 Å². The van der Waals surface area contributed by atoms with Gasteiger partial charge in [-0.2, -0.15) is 0 Å². The number of aryl methyl sites for hydroxylation is 1. The van der Waals surface area contributed by atoms with Gasteiger partial charge < -0.3 is 15.4 Å². The average Bonchev–Trinajstić information content (AvgIpc) is 2.91. The highest BCUT2D eigenvalue weighted by Gasteiger charge is 2.23. The third kappa shape index (κ3) is 2.97. The number of hydrogen-bond donors (Lipinski definition) is 2. The lowest BCUT2D eigenvalue weighted by Gasteiger charge is -2.09. The van der Waals surface area contributed by atoms with Crippen LogP contribution in [0, 0.1) is 10.1 Å². The van der Waals surface area contributed by atoms with Gasteiger partial charge in [-0.15, -0.1) is 0 Å². The number of fused-ring (bicyclic) bond motifs is 1. The lowest BCUT2D eigenvalue weighted by atomic mass is 9.96. The van der Waals surface area contributed by atoms with E-state index in [4.69, 9.17) is 10.8 Å². The maximum absolute atomic E-state index is 11.4. The standard InChI is InChI=1S/C18H17N3O4/c1-20-10-12(9-14(19)18(22)23)16-13(11-5-3-2-4-6-11)7-8-15(17(16)20)21(24)25/h2-8,10,14H,9,19H2,1H3,(H,22,23). The zero-order chi connectivity index (χ0) is 18.1. The number of carboxylic acids is 1. The normalized spacial score (nSPS) is 12.2. The van der Waals surface area contributed by atoms with Crippen molar-refractivity contribution < 1.29 is 14.8 Å². The van der Waals surface area contributed by atoms with E-state index in [-0.39, 0.29) is 12.1 Å². The summed E-state index contributed by atoms with van der Waals surface area (Å²) in [5, 5.41) is 21.2. The first-order chi connectivity index (χ1) is 11.9. The fourth-order valence-corrected chi connectivity index (χ4v) is 3.11. The number of non-ortho nitro benzene ring substituents is 1. The van der Waals surface area contributed by atoms with Crippen molar-refractivity contribution in [3.63, 3.8) is 0 Å². The summed E-state index contributed by atoms with van der Waals surface area (Å²) in [6.07, 6.45) is 1.81. The summed E-state index contributed by atoms with van der Waals surface area (Å²) in [5.74, 6) is -1.11.